The van der Waals surface area contributed by atoms with E-state index in [1.54, 1.807) is 0 Å². The molecule has 0 N–H and O–H groups in total. The summed E-state index contributed by atoms with van der Waals surface area (Å²) in [5.41, 5.74) is 3.73. The highest BCUT2D eigenvalue weighted by atomic mass is 16.2. The molecule has 0 aromatic heterocycles. The van der Waals surface area contributed by atoms with Crippen LogP contribution in [-0.4, -0.2) is 30.4 Å². The van der Waals surface area contributed by atoms with Crippen molar-refractivity contribution in [3.63, 3.8) is 0 Å². The van der Waals surface area contributed by atoms with Gasteiger partial charge in [0.2, 0.25) is 5.91 Å². The molecule has 0 bridgehead atoms. The Bertz CT molecular complexity index is 698. The van der Waals surface area contributed by atoms with Gasteiger partial charge in [-0.05, 0) is 43.9 Å². The van der Waals surface area contributed by atoms with Gasteiger partial charge >= 0.3 is 0 Å². The first kappa shape index (κ1) is 16.6. The highest BCUT2D eigenvalue weighted by Crippen LogP contribution is 2.30. The van der Waals surface area contributed by atoms with E-state index in [1.807, 2.05) is 30.1 Å². The average Bonchev–Trinajstić information content (AvgIpc) is 2.63. The van der Waals surface area contributed by atoms with Crippen molar-refractivity contribution in [3.8, 4) is 0 Å². The minimum atomic E-state index is 0.0778. The molecule has 0 fully saturated rings. The van der Waals surface area contributed by atoms with Crippen molar-refractivity contribution in [1.82, 2.24) is 4.90 Å². The van der Waals surface area contributed by atoms with Gasteiger partial charge < -0.3 is 9.80 Å². The van der Waals surface area contributed by atoms with E-state index in [4.69, 9.17) is 0 Å². The number of anilines is 1. The fourth-order valence-corrected chi connectivity index (χ4v) is 3.43. The average molecular weight is 322 g/mol. The van der Waals surface area contributed by atoms with Crippen LogP contribution in [0.3, 0.4) is 0 Å². The predicted octanol–water partition coefficient (Wildman–Crippen LogP) is 4.05. The molecular weight excluding hydrogens is 296 g/mol. The molecule has 0 aliphatic carbocycles. The molecule has 2 aromatic carbocycles. The monoisotopic (exact) mass is 322 g/mol. The molecule has 2 aromatic rings. The smallest absolute Gasteiger partial charge is 0.242 e. The number of hydrogen-bond donors (Lipinski definition) is 0. The summed E-state index contributed by atoms with van der Waals surface area (Å²) in [6, 6.07) is 19.1. The van der Waals surface area contributed by atoms with Crippen LogP contribution in [0.15, 0.2) is 54.6 Å². The summed E-state index contributed by atoms with van der Waals surface area (Å²) in [7, 11) is 1.90. The van der Waals surface area contributed by atoms with E-state index in [2.05, 4.69) is 55.1 Å². The number of amides is 1. The number of carbonyl (C=O) groups excluding carboxylic acids is 1. The first-order chi connectivity index (χ1) is 11.6. The maximum Gasteiger partial charge on any atom is 0.242 e. The van der Waals surface area contributed by atoms with Gasteiger partial charge in [-0.15, -0.1) is 0 Å². The van der Waals surface area contributed by atoms with Crippen LogP contribution in [0.2, 0.25) is 0 Å². The fraction of sp³-hybridized carbons (Fsp3) is 0.381. The predicted molar refractivity (Wildman–Crippen MR) is 99.2 cm³/mol. The van der Waals surface area contributed by atoms with Gasteiger partial charge in [0, 0.05) is 18.8 Å². The molecule has 3 rings (SSSR count). The lowest BCUT2D eigenvalue weighted by Crippen LogP contribution is -2.45. The van der Waals surface area contributed by atoms with Crippen molar-refractivity contribution in [2.24, 2.45) is 0 Å². The van der Waals surface area contributed by atoms with E-state index in [1.165, 1.54) is 16.8 Å². The Labute approximate surface area is 144 Å². The zero-order valence-corrected chi connectivity index (χ0v) is 14.8. The molecule has 2 atom stereocenters. The zero-order valence-electron chi connectivity index (χ0n) is 14.8. The Hall–Kier alpha value is -2.29. The summed E-state index contributed by atoms with van der Waals surface area (Å²) in [5.74, 6) is 0.162. The molecule has 3 heteroatoms. The molecule has 1 aliphatic heterocycles. The van der Waals surface area contributed by atoms with Crippen molar-refractivity contribution >= 4 is 11.6 Å². The zero-order chi connectivity index (χ0) is 17.1. The van der Waals surface area contributed by atoms with Crippen molar-refractivity contribution in [2.45, 2.75) is 38.8 Å². The van der Waals surface area contributed by atoms with Gasteiger partial charge in [-0.25, -0.2) is 0 Å². The molecule has 3 nitrogen and oxygen atoms in total. The maximum absolute atomic E-state index is 12.9. The van der Waals surface area contributed by atoms with Crippen molar-refractivity contribution in [1.29, 1.82) is 0 Å². The summed E-state index contributed by atoms with van der Waals surface area (Å²) < 4.78 is 0. The Morgan fingerprint density at radius 2 is 1.83 bits per heavy atom. The van der Waals surface area contributed by atoms with Gasteiger partial charge in [-0.1, -0.05) is 48.5 Å². The van der Waals surface area contributed by atoms with E-state index < -0.39 is 0 Å². The molecule has 1 amide bonds. The van der Waals surface area contributed by atoms with Crippen LogP contribution in [-0.2, 0) is 11.2 Å². The quantitative estimate of drug-likeness (QED) is 0.848. The van der Waals surface area contributed by atoms with Gasteiger partial charge in [0.15, 0.2) is 0 Å². The van der Waals surface area contributed by atoms with Crippen molar-refractivity contribution in [2.75, 3.05) is 18.5 Å². The lowest BCUT2D eigenvalue weighted by atomic mass is 9.96. The number of rotatable bonds is 4. The van der Waals surface area contributed by atoms with Crippen LogP contribution < -0.4 is 4.90 Å². The van der Waals surface area contributed by atoms with E-state index in [9.17, 15) is 4.79 Å². The second kappa shape index (κ2) is 7.08. The minimum Gasteiger partial charge on any atom is -0.359 e. The summed E-state index contributed by atoms with van der Waals surface area (Å²) >= 11 is 0. The van der Waals surface area contributed by atoms with Gasteiger partial charge in [0.1, 0.15) is 0 Å². The summed E-state index contributed by atoms with van der Waals surface area (Å²) in [6.45, 7) is 4.73. The highest BCUT2D eigenvalue weighted by molar-refractivity contribution is 5.82. The Balaban J connectivity index is 1.75. The summed E-state index contributed by atoms with van der Waals surface area (Å²) in [5, 5.41) is 0. The molecule has 0 radical (unpaired) electrons. The summed E-state index contributed by atoms with van der Waals surface area (Å²) in [6.07, 6.45) is 2.19. The Kier molecular flexibility index (Phi) is 4.89. The molecular formula is C21H26N2O. The molecule has 0 saturated carbocycles. The first-order valence-corrected chi connectivity index (χ1v) is 8.73. The third-order valence-corrected chi connectivity index (χ3v) is 5.23. The topological polar surface area (TPSA) is 23.6 Å². The van der Waals surface area contributed by atoms with Crippen LogP contribution >= 0.6 is 0 Å². The third kappa shape index (κ3) is 3.30. The Morgan fingerprint density at radius 1 is 1.17 bits per heavy atom. The summed E-state index contributed by atoms with van der Waals surface area (Å²) in [4.78, 5) is 17.0. The van der Waals surface area contributed by atoms with Crippen LogP contribution in [0.5, 0.6) is 0 Å². The van der Waals surface area contributed by atoms with Crippen LogP contribution in [0.25, 0.3) is 0 Å². The largest absolute Gasteiger partial charge is 0.359 e. The van der Waals surface area contributed by atoms with Crippen LogP contribution in [0.4, 0.5) is 5.69 Å². The van der Waals surface area contributed by atoms with Crippen LogP contribution in [0, 0.1) is 0 Å². The molecule has 0 spiro atoms. The number of carbonyl (C=O) groups is 1. The maximum atomic E-state index is 12.9. The fourth-order valence-electron chi connectivity index (χ4n) is 3.43. The van der Waals surface area contributed by atoms with Crippen LogP contribution in [0.1, 0.15) is 37.4 Å². The number of nitrogens with zero attached hydrogens (tertiary/aromatic N) is 2. The number of aryl methyl sites for hydroxylation is 1. The molecule has 1 heterocycles. The van der Waals surface area contributed by atoms with Gasteiger partial charge in [-0.2, -0.15) is 0 Å². The van der Waals surface area contributed by atoms with E-state index in [0.717, 1.165) is 12.8 Å². The van der Waals surface area contributed by atoms with Gasteiger partial charge in [0.25, 0.3) is 0 Å². The van der Waals surface area contributed by atoms with Crippen molar-refractivity contribution < 1.29 is 4.79 Å². The van der Waals surface area contributed by atoms with E-state index >= 15 is 0 Å². The van der Waals surface area contributed by atoms with Crippen molar-refractivity contribution in [3.05, 3.63) is 65.7 Å². The first-order valence-electron chi connectivity index (χ1n) is 8.73. The normalized spacial score (nSPS) is 18.0. The lowest BCUT2D eigenvalue weighted by Gasteiger charge is -2.38. The molecule has 126 valence electrons. The number of hydrogen-bond acceptors (Lipinski definition) is 2. The Morgan fingerprint density at radius 3 is 2.58 bits per heavy atom. The molecule has 0 unspecified atom stereocenters. The highest BCUT2D eigenvalue weighted by Gasteiger charge is 2.27. The van der Waals surface area contributed by atoms with Gasteiger partial charge in [0.05, 0.1) is 12.6 Å². The third-order valence-electron chi connectivity index (χ3n) is 5.23. The second-order valence-electron chi connectivity index (χ2n) is 6.74. The van der Waals surface area contributed by atoms with E-state index in [-0.39, 0.29) is 11.9 Å². The lowest BCUT2D eigenvalue weighted by molar-refractivity contribution is -0.130. The number of benzene rings is 2. The SMILES string of the molecule is C[C@@H]1CCc2ccccc2N1CC(=O)N(C)[C@@H](C)c1ccccc1. The molecule has 24 heavy (non-hydrogen) atoms. The van der Waals surface area contributed by atoms with E-state index in [0.29, 0.717) is 12.6 Å². The number of para-hydroxylation sites is 1. The molecule has 0 saturated heterocycles. The standard InChI is InChI=1S/C21H26N2O/c1-16-13-14-19-11-7-8-12-20(19)23(16)15-21(24)22(3)17(2)18-9-5-4-6-10-18/h4-12,16-17H,13-15H2,1-3H3/t16-,17+/m1/s1. The van der Waals surface area contributed by atoms with Gasteiger partial charge in [-0.3, -0.25) is 4.79 Å². The number of likely N-dealkylation sites (N-methyl/N-ethyl adjacent to an activating group) is 1. The number of fused-ring (bicyclic) bond motifs is 1. The minimum absolute atomic E-state index is 0.0778. The second-order valence-corrected chi connectivity index (χ2v) is 6.74. The molecule has 1 aliphatic rings.